The van der Waals surface area contributed by atoms with E-state index in [4.69, 9.17) is 0 Å². The number of likely N-dealkylation sites (N-methyl/N-ethyl adjacent to an activating group) is 1. The van der Waals surface area contributed by atoms with Crippen molar-refractivity contribution in [3.05, 3.63) is 57.7 Å². The molecule has 0 bridgehead atoms. The van der Waals surface area contributed by atoms with Gasteiger partial charge in [0.1, 0.15) is 11.5 Å². The minimum atomic E-state index is -0.388. The van der Waals surface area contributed by atoms with E-state index in [1.165, 1.54) is 16.2 Å². The van der Waals surface area contributed by atoms with Crippen LogP contribution in [0.15, 0.2) is 46.4 Å². The van der Waals surface area contributed by atoms with E-state index in [2.05, 4.69) is 22.0 Å². The van der Waals surface area contributed by atoms with Crippen molar-refractivity contribution in [3.8, 4) is 22.9 Å². The minimum absolute atomic E-state index is 0.0201. The molecule has 29 heavy (non-hydrogen) atoms. The van der Waals surface area contributed by atoms with Crippen LogP contribution in [0, 0.1) is 0 Å². The molecule has 3 N–H and O–H groups in total. The predicted octanol–water partition coefficient (Wildman–Crippen LogP) is 3.80. The van der Waals surface area contributed by atoms with Crippen LogP contribution in [0.25, 0.3) is 17.1 Å². The third kappa shape index (κ3) is 3.85. The maximum absolute atomic E-state index is 12.6. The van der Waals surface area contributed by atoms with E-state index < -0.39 is 0 Å². The van der Waals surface area contributed by atoms with Crippen LogP contribution in [0.2, 0.25) is 0 Å². The first-order valence-corrected chi connectivity index (χ1v) is 9.76. The lowest BCUT2D eigenvalue weighted by atomic mass is 9.98. The molecule has 1 aromatic carbocycles. The Labute approximate surface area is 170 Å². The summed E-state index contributed by atoms with van der Waals surface area (Å²) >= 11 is 0. The summed E-state index contributed by atoms with van der Waals surface area (Å²) in [5, 5.41) is 27.2. The number of rotatable bonds is 5. The van der Waals surface area contributed by atoms with Gasteiger partial charge in [-0.3, -0.25) is 0 Å². The van der Waals surface area contributed by atoms with Gasteiger partial charge in [0.05, 0.1) is 5.56 Å². The summed E-state index contributed by atoms with van der Waals surface area (Å²) < 4.78 is 1.46. The Morgan fingerprint density at radius 3 is 2.55 bits per heavy atom. The number of benzene rings is 1. The van der Waals surface area contributed by atoms with Crippen molar-refractivity contribution in [1.29, 1.82) is 0 Å². The normalized spacial score (nSPS) is 14.3. The third-order valence-electron chi connectivity index (χ3n) is 5.18. The second-order valence-electron chi connectivity index (χ2n) is 7.67. The fourth-order valence-electron chi connectivity index (χ4n) is 3.59. The molecule has 7 nitrogen and oxygen atoms in total. The predicted molar refractivity (Wildman–Crippen MR) is 115 cm³/mol. The molecule has 2 aromatic rings. The van der Waals surface area contributed by atoms with Crippen molar-refractivity contribution < 1.29 is 10.2 Å². The number of phenols is 2. The number of hydrogen-bond donors (Lipinski definition) is 3. The van der Waals surface area contributed by atoms with Gasteiger partial charge < -0.3 is 15.1 Å². The quantitative estimate of drug-likeness (QED) is 0.715. The Balaban J connectivity index is 2.14. The SMILES string of the molecule is CCC1=C(N(C)C)C=CC(n2c(-c3cc(C(C)C)c(O)cc3O)n[nH]c2=O)=CC1. The van der Waals surface area contributed by atoms with Crippen molar-refractivity contribution in [2.45, 2.75) is 39.5 Å². The Bertz CT molecular complexity index is 1070. The summed E-state index contributed by atoms with van der Waals surface area (Å²) in [6, 6.07) is 2.98. The first-order chi connectivity index (χ1) is 13.7. The highest BCUT2D eigenvalue weighted by Crippen LogP contribution is 2.37. The van der Waals surface area contributed by atoms with E-state index in [1.807, 2.05) is 46.2 Å². The lowest BCUT2D eigenvalue weighted by Gasteiger charge is -2.17. The number of nitrogens with zero attached hydrogens (tertiary/aromatic N) is 3. The lowest BCUT2D eigenvalue weighted by molar-refractivity contribution is 0.444. The van der Waals surface area contributed by atoms with Crippen molar-refractivity contribution >= 4 is 5.70 Å². The molecule has 0 spiro atoms. The van der Waals surface area contributed by atoms with Crippen molar-refractivity contribution in [1.82, 2.24) is 19.7 Å². The number of nitrogens with one attached hydrogen (secondary N) is 1. The zero-order chi connectivity index (χ0) is 21.3. The zero-order valence-corrected chi connectivity index (χ0v) is 17.5. The van der Waals surface area contributed by atoms with E-state index in [0.29, 0.717) is 29.1 Å². The van der Waals surface area contributed by atoms with E-state index in [1.54, 1.807) is 6.07 Å². The summed E-state index contributed by atoms with van der Waals surface area (Å²) in [5.41, 5.74) is 3.75. The smallest absolute Gasteiger partial charge is 0.348 e. The largest absolute Gasteiger partial charge is 0.508 e. The second-order valence-corrected chi connectivity index (χ2v) is 7.67. The fourth-order valence-corrected chi connectivity index (χ4v) is 3.59. The van der Waals surface area contributed by atoms with Gasteiger partial charge in [-0.2, -0.15) is 5.10 Å². The molecule has 0 atom stereocenters. The van der Waals surface area contributed by atoms with Gasteiger partial charge in [0.25, 0.3) is 0 Å². The molecule has 1 aliphatic carbocycles. The van der Waals surface area contributed by atoms with E-state index >= 15 is 0 Å². The molecule has 0 aliphatic heterocycles. The maximum atomic E-state index is 12.6. The molecule has 7 heteroatoms. The zero-order valence-electron chi connectivity index (χ0n) is 17.5. The van der Waals surface area contributed by atoms with Crippen LogP contribution < -0.4 is 5.69 Å². The molecule has 3 rings (SSSR count). The van der Waals surface area contributed by atoms with Crippen molar-refractivity contribution in [2.75, 3.05) is 14.1 Å². The van der Waals surface area contributed by atoms with Crippen LogP contribution >= 0.6 is 0 Å². The number of aromatic hydroxyl groups is 2. The maximum Gasteiger partial charge on any atom is 0.348 e. The van der Waals surface area contributed by atoms with E-state index in [9.17, 15) is 15.0 Å². The summed E-state index contributed by atoms with van der Waals surface area (Å²) in [5.74, 6) is 0.236. The molecule has 0 saturated heterocycles. The number of aromatic nitrogens is 3. The Morgan fingerprint density at radius 2 is 1.93 bits per heavy atom. The number of H-pyrrole nitrogens is 1. The summed E-state index contributed by atoms with van der Waals surface area (Å²) in [6.07, 6.45) is 7.50. The number of phenolic OH excluding ortho intramolecular Hbond substituents is 2. The van der Waals surface area contributed by atoms with Gasteiger partial charge in [0.2, 0.25) is 0 Å². The first kappa shape index (κ1) is 20.5. The molecule has 0 fully saturated rings. The van der Waals surface area contributed by atoms with Crippen LogP contribution in [-0.4, -0.2) is 44.0 Å². The Morgan fingerprint density at radius 1 is 1.21 bits per heavy atom. The number of allylic oxidation sites excluding steroid dienone is 5. The van der Waals surface area contributed by atoms with Crippen molar-refractivity contribution in [2.24, 2.45) is 0 Å². The van der Waals surface area contributed by atoms with Crippen LogP contribution in [-0.2, 0) is 0 Å². The average Bonchev–Trinajstić information content (AvgIpc) is 2.90. The highest BCUT2D eigenvalue weighted by atomic mass is 16.3. The van der Waals surface area contributed by atoms with Crippen LogP contribution in [0.4, 0.5) is 0 Å². The summed E-state index contributed by atoms with van der Waals surface area (Å²) in [7, 11) is 4.00. The molecule has 154 valence electrons. The van der Waals surface area contributed by atoms with Gasteiger partial charge in [-0.05, 0) is 48.1 Å². The number of aromatic amines is 1. The minimum Gasteiger partial charge on any atom is -0.508 e. The highest BCUT2D eigenvalue weighted by molar-refractivity contribution is 5.73. The Hall–Kier alpha value is -3.22. The van der Waals surface area contributed by atoms with Gasteiger partial charge in [-0.1, -0.05) is 26.8 Å². The topological polar surface area (TPSA) is 94.4 Å². The van der Waals surface area contributed by atoms with Crippen molar-refractivity contribution in [3.63, 3.8) is 0 Å². The van der Waals surface area contributed by atoms with Gasteiger partial charge in [-0.15, -0.1) is 0 Å². The third-order valence-corrected chi connectivity index (χ3v) is 5.18. The Kier molecular flexibility index (Phi) is 5.68. The van der Waals surface area contributed by atoms with Gasteiger partial charge >= 0.3 is 5.69 Å². The molecular weight excluding hydrogens is 368 g/mol. The van der Waals surface area contributed by atoms with Gasteiger partial charge in [0.15, 0.2) is 5.82 Å². The fraction of sp³-hybridized carbons (Fsp3) is 0.364. The van der Waals surface area contributed by atoms with Crippen LogP contribution in [0.3, 0.4) is 0 Å². The van der Waals surface area contributed by atoms with Gasteiger partial charge in [0, 0.05) is 31.6 Å². The summed E-state index contributed by atoms with van der Waals surface area (Å²) in [4.78, 5) is 14.7. The number of hydrogen-bond acceptors (Lipinski definition) is 5. The molecular formula is C22H28N4O3. The molecule has 1 heterocycles. The van der Waals surface area contributed by atoms with Crippen LogP contribution in [0.1, 0.15) is 45.1 Å². The van der Waals surface area contributed by atoms with Gasteiger partial charge in [-0.25, -0.2) is 14.5 Å². The second kappa shape index (κ2) is 8.03. The van der Waals surface area contributed by atoms with E-state index in [0.717, 1.165) is 12.1 Å². The highest BCUT2D eigenvalue weighted by Gasteiger charge is 2.20. The standard InChI is InChI=1S/C22H28N4O3/c1-6-14-7-8-15(9-10-18(14)25(4)5)26-21(23-24-22(26)29)17-11-16(13(2)3)19(27)12-20(17)28/h8-13,27-28H,6-7H2,1-5H3,(H,24,29). The van der Waals surface area contributed by atoms with Crippen LogP contribution in [0.5, 0.6) is 11.5 Å². The molecule has 0 unspecified atom stereocenters. The monoisotopic (exact) mass is 396 g/mol. The molecule has 0 radical (unpaired) electrons. The van der Waals surface area contributed by atoms with E-state index in [-0.39, 0.29) is 23.1 Å². The molecule has 0 saturated carbocycles. The molecule has 0 amide bonds. The summed E-state index contributed by atoms with van der Waals surface area (Å²) in [6.45, 7) is 6.01. The lowest BCUT2D eigenvalue weighted by Crippen LogP contribution is -2.16. The molecule has 1 aliphatic rings. The average molecular weight is 396 g/mol. The first-order valence-electron chi connectivity index (χ1n) is 9.76. The molecule has 1 aromatic heterocycles.